The van der Waals surface area contributed by atoms with E-state index >= 15 is 0 Å². The number of fused-ring (bicyclic) bond motifs is 1. The molecule has 0 unspecified atom stereocenters. The van der Waals surface area contributed by atoms with Gasteiger partial charge in [-0.3, -0.25) is 9.59 Å². The van der Waals surface area contributed by atoms with Gasteiger partial charge in [-0.15, -0.1) is 0 Å². The Hall–Kier alpha value is -3.35. The number of aryl methyl sites for hydroxylation is 1. The topological polar surface area (TPSA) is 80.4 Å². The highest BCUT2D eigenvalue weighted by atomic mass is 16.3. The zero-order chi connectivity index (χ0) is 21.3. The summed E-state index contributed by atoms with van der Waals surface area (Å²) in [4.78, 5) is 31.8. The van der Waals surface area contributed by atoms with Gasteiger partial charge in [-0.25, -0.2) is 4.98 Å². The van der Waals surface area contributed by atoms with E-state index in [1.165, 1.54) is 6.26 Å². The van der Waals surface area contributed by atoms with Crippen molar-refractivity contribution in [2.45, 2.75) is 39.4 Å². The second-order valence-electron chi connectivity index (χ2n) is 8.16. The molecule has 0 saturated carbocycles. The smallest absolute Gasteiger partial charge is 0.276 e. The summed E-state index contributed by atoms with van der Waals surface area (Å²) in [5.41, 5.74) is 3.13. The van der Waals surface area contributed by atoms with Crippen molar-refractivity contribution >= 4 is 11.8 Å². The van der Waals surface area contributed by atoms with Crippen LogP contribution in [-0.2, 0) is 20.1 Å². The van der Waals surface area contributed by atoms with Crippen molar-refractivity contribution in [3.8, 4) is 0 Å². The van der Waals surface area contributed by atoms with Gasteiger partial charge in [0.05, 0.1) is 0 Å². The lowest BCUT2D eigenvalue weighted by Crippen LogP contribution is -2.31. The highest BCUT2D eigenvalue weighted by Crippen LogP contribution is 2.26. The first-order valence-corrected chi connectivity index (χ1v) is 10.2. The van der Waals surface area contributed by atoms with Gasteiger partial charge in [0.2, 0.25) is 5.89 Å². The average Bonchev–Trinajstić information content (AvgIpc) is 3.45. The third kappa shape index (κ3) is 4.01. The molecule has 1 N–H and O–H groups in total. The summed E-state index contributed by atoms with van der Waals surface area (Å²) in [7, 11) is 1.82. The molecule has 0 aliphatic carbocycles. The SMILES string of the molecule is CC(C)C[C@@H](NC(=O)c1cccn1C)c1nc(C(=O)N2Cc3ccccc3C2)co1. The molecule has 4 rings (SSSR count). The van der Waals surface area contributed by atoms with E-state index in [4.69, 9.17) is 4.42 Å². The molecule has 3 heterocycles. The minimum atomic E-state index is -0.412. The summed E-state index contributed by atoms with van der Waals surface area (Å²) in [5, 5.41) is 3.00. The fourth-order valence-corrected chi connectivity index (χ4v) is 3.81. The molecular weight excluding hydrogens is 380 g/mol. The van der Waals surface area contributed by atoms with Crippen LogP contribution in [0.4, 0.5) is 0 Å². The first-order valence-electron chi connectivity index (χ1n) is 10.2. The van der Waals surface area contributed by atoms with Crippen molar-refractivity contribution in [3.05, 3.63) is 77.3 Å². The molecule has 7 nitrogen and oxygen atoms in total. The quantitative estimate of drug-likeness (QED) is 0.677. The van der Waals surface area contributed by atoms with E-state index in [1.807, 2.05) is 43.6 Å². The molecule has 0 spiro atoms. The second-order valence-corrected chi connectivity index (χ2v) is 8.16. The lowest BCUT2D eigenvalue weighted by Gasteiger charge is -2.18. The Morgan fingerprint density at radius 3 is 2.43 bits per heavy atom. The second kappa shape index (κ2) is 8.18. The van der Waals surface area contributed by atoms with Gasteiger partial charge in [0, 0.05) is 26.3 Å². The largest absolute Gasteiger partial charge is 0.446 e. The van der Waals surface area contributed by atoms with Crippen LogP contribution in [0.3, 0.4) is 0 Å². The van der Waals surface area contributed by atoms with Crippen LogP contribution in [0, 0.1) is 5.92 Å². The van der Waals surface area contributed by atoms with Crippen molar-refractivity contribution in [3.63, 3.8) is 0 Å². The predicted octanol–water partition coefficient (Wildman–Crippen LogP) is 3.69. The van der Waals surface area contributed by atoms with Crippen LogP contribution < -0.4 is 5.32 Å². The summed E-state index contributed by atoms with van der Waals surface area (Å²) >= 11 is 0. The molecule has 1 atom stereocenters. The number of oxazole rings is 1. The monoisotopic (exact) mass is 406 g/mol. The number of carbonyl (C=O) groups is 2. The van der Waals surface area contributed by atoms with E-state index in [2.05, 4.69) is 24.1 Å². The summed E-state index contributed by atoms with van der Waals surface area (Å²) in [6, 6.07) is 11.2. The average molecular weight is 406 g/mol. The summed E-state index contributed by atoms with van der Waals surface area (Å²) in [6.07, 6.45) is 3.87. The Kier molecular flexibility index (Phi) is 5.44. The van der Waals surface area contributed by atoms with Crippen molar-refractivity contribution < 1.29 is 14.0 Å². The number of rotatable bonds is 6. The fraction of sp³-hybridized carbons (Fsp3) is 0.348. The van der Waals surface area contributed by atoms with Crippen LogP contribution in [0.2, 0.25) is 0 Å². The normalized spacial score (nSPS) is 14.1. The Morgan fingerprint density at radius 1 is 1.13 bits per heavy atom. The first-order chi connectivity index (χ1) is 14.4. The number of nitrogens with one attached hydrogen (secondary N) is 1. The van der Waals surface area contributed by atoms with Gasteiger partial charge in [0.15, 0.2) is 5.69 Å². The molecule has 30 heavy (non-hydrogen) atoms. The van der Waals surface area contributed by atoms with Gasteiger partial charge in [0.1, 0.15) is 18.0 Å². The zero-order valence-electron chi connectivity index (χ0n) is 17.5. The fourth-order valence-electron chi connectivity index (χ4n) is 3.81. The number of carbonyl (C=O) groups excluding carboxylic acids is 2. The molecular formula is C23H26N4O3. The van der Waals surface area contributed by atoms with Gasteiger partial charge in [-0.1, -0.05) is 38.1 Å². The predicted molar refractivity (Wildman–Crippen MR) is 112 cm³/mol. The van der Waals surface area contributed by atoms with E-state index in [0.29, 0.717) is 37.0 Å². The third-order valence-corrected chi connectivity index (χ3v) is 5.36. The molecule has 156 valence electrons. The Balaban J connectivity index is 1.50. The van der Waals surface area contributed by atoms with Crippen molar-refractivity contribution in [1.82, 2.24) is 19.8 Å². The molecule has 0 saturated heterocycles. The molecule has 0 radical (unpaired) electrons. The van der Waals surface area contributed by atoms with Crippen LogP contribution in [-0.4, -0.2) is 26.3 Å². The summed E-state index contributed by atoms with van der Waals surface area (Å²) in [5.74, 6) is 0.293. The van der Waals surface area contributed by atoms with E-state index in [1.54, 1.807) is 15.5 Å². The number of nitrogens with zero attached hydrogens (tertiary/aromatic N) is 3. The molecule has 7 heteroatoms. The van der Waals surface area contributed by atoms with Crippen LogP contribution >= 0.6 is 0 Å². The maximum absolute atomic E-state index is 12.9. The molecule has 2 amide bonds. The molecule has 0 bridgehead atoms. The Morgan fingerprint density at radius 2 is 1.83 bits per heavy atom. The van der Waals surface area contributed by atoms with Crippen LogP contribution in [0.25, 0.3) is 0 Å². The van der Waals surface area contributed by atoms with E-state index in [9.17, 15) is 9.59 Å². The van der Waals surface area contributed by atoms with Crippen LogP contribution in [0.5, 0.6) is 0 Å². The highest BCUT2D eigenvalue weighted by Gasteiger charge is 2.28. The Bertz CT molecular complexity index is 1040. The molecule has 3 aromatic rings. The lowest BCUT2D eigenvalue weighted by molar-refractivity contribution is 0.0745. The van der Waals surface area contributed by atoms with Crippen molar-refractivity contribution in [1.29, 1.82) is 0 Å². The van der Waals surface area contributed by atoms with Crippen LogP contribution in [0.15, 0.2) is 53.3 Å². The maximum Gasteiger partial charge on any atom is 0.276 e. The molecule has 1 aliphatic heterocycles. The van der Waals surface area contributed by atoms with Crippen molar-refractivity contribution in [2.75, 3.05) is 0 Å². The Labute approximate surface area is 175 Å². The van der Waals surface area contributed by atoms with Gasteiger partial charge in [0.25, 0.3) is 11.8 Å². The molecule has 0 fully saturated rings. The number of amides is 2. The van der Waals surface area contributed by atoms with Gasteiger partial charge >= 0.3 is 0 Å². The standard InChI is InChI=1S/C23H26N4O3/c1-15(2)11-18(24-21(28)20-9-6-10-26(20)3)22-25-19(14-30-22)23(29)27-12-16-7-4-5-8-17(16)13-27/h4-10,14-15,18H,11-13H2,1-3H3,(H,24,28)/t18-/m1/s1. The van der Waals surface area contributed by atoms with Crippen LogP contribution in [0.1, 0.15) is 64.3 Å². The van der Waals surface area contributed by atoms with Crippen molar-refractivity contribution in [2.24, 2.45) is 13.0 Å². The molecule has 1 aromatic carbocycles. The number of hydrogen-bond acceptors (Lipinski definition) is 4. The first kappa shape index (κ1) is 19.9. The zero-order valence-corrected chi connectivity index (χ0v) is 17.5. The molecule has 2 aromatic heterocycles. The van der Waals surface area contributed by atoms with Gasteiger partial charge in [-0.05, 0) is 35.6 Å². The van der Waals surface area contributed by atoms with E-state index in [0.717, 1.165) is 11.1 Å². The number of benzene rings is 1. The van der Waals surface area contributed by atoms with Gasteiger partial charge in [-0.2, -0.15) is 0 Å². The summed E-state index contributed by atoms with van der Waals surface area (Å²) < 4.78 is 7.42. The minimum absolute atomic E-state index is 0.168. The van der Waals surface area contributed by atoms with E-state index in [-0.39, 0.29) is 17.5 Å². The minimum Gasteiger partial charge on any atom is -0.446 e. The third-order valence-electron chi connectivity index (χ3n) is 5.36. The lowest BCUT2D eigenvalue weighted by atomic mass is 10.0. The summed E-state index contributed by atoms with van der Waals surface area (Å²) in [6.45, 7) is 5.27. The number of aromatic nitrogens is 2. The van der Waals surface area contributed by atoms with Gasteiger partial charge < -0.3 is 19.2 Å². The maximum atomic E-state index is 12.9. The molecule has 1 aliphatic rings. The number of hydrogen-bond donors (Lipinski definition) is 1. The highest BCUT2D eigenvalue weighted by molar-refractivity contribution is 5.93. The van der Waals surface area contributed by atoms with E-state index < -0.39 is 6.04 Å².